The smallest absolute Gasteiger partial charge is 0.246 e. The van der Waals surface area contributed by atoms with E-state index in [2.05, 4.69) is 35.2 Å². The minimum atomic E-state index is -3.92. The number of sulfonamides is 1. The number of hydrogen-bond donors (Lipinski definition) is 5. The molecule has 16 nitrogen and oxygen atoms in total. The number of thiazole rings is 1. The summed E-state index contributed by atoms with van der Waals surface area (Å²) in [7, 11) is -3.92. The van der Waals surface area contributed by atoms with Gasteiger partial charge in [-0.05, 0) is 65.8 Å². The Hall–Kier alpha value is -6.61. The molecule has 3 aromatic heterocycles. The van der Waals surface area contributed by atoms with Crippen LogP contribution in [0.5, 0.6) is 0 Å². The number of ketones is 1. The van der Waals surface area contributed by atoms with Crippen LogP contribution in [0.3, 0.4) is 0 Å². The Kier molecular flexibility index (Phi) is 15.0. The van der Waals surface area contributed by atoms with Gasteiger partial charge in [-0.15, -0.1) is 11.3 Å². The van der Waals surface area contributed by atoms with E-state index in [-0.39, 0.29) is 55.6 Å². The summed E-state index contributed by atoms with van der Waals surface area (Å²) in [6.07, 6.45) is 2.40. The van der Waals surface area contributed by atoms with Gasteiger partial charge in [-0.25, -0.2) is 27.2 Å². The Morgan fingerprint density at radius 1 is 0.944 bits per heavy atom. The summed E-state index contributed by atoms with van der Waals surface area (Å²) in [5, 5.41) is 16.9. The van der Waals surface area contributed by atoms with E-state index in [1.54, 1.807) is 36.0 Å². The second-order valence-electron chi connectivity index (χ2n) is 19.1. The maximum absolute atomic E-state index is 15.6. The molecule has 0 aliphatic carbocycles. The molecule has 71 heavy (non-hydrogen) atoms. The van der Waals surface area contributed by atoms with E-state index in [9.17, 15) is 32.7 Å². The number of nitrogens with one attached hydrogen (secondary N) is 4. The van der Waals surface area contributed by atoms with Crippen molar-refractivity contribution >= 4 is 67.3 Å². The van der Waals surface area contributed by atoms with Crippen molar-refractivity contribution in [2.75, 3.05) is 54.6 Å². The van der Waals surface area contributed by atoms with Gasteiger partial charge in [-0.2, -0.15) is 0 Å². The molecule has 0 saturated carbocycles. The van der Waals surface area contributed by atoms with Crippen LogP contribution >= 0.6 is 11.3 Å². The molecular weight excluding hydrogens is 953 g/mol. The molecule has 3 atom stereocenters. The summed E-state index contributed by atoms with van der Waals surface area (Å²) < 4.78 is 57.4. The largest absolute Gasteiger partial charge is 0.391 e. The number of rotatable bonds is 16. The number of H-pyrrole nitrogens is 1. The Labute approximate surface area is 414 Å². The van der Waals surface area contributed by atoms with Crippen LogP contribution in [0.15, 0.2) is 84.6 Å². The third-order valence-corrected chi connectivity index (χ3v) is 15.3. The number of likely N-dealkylation sites (tertiary alicyclic amines) is 1. The SMILES string of the molecule is CCCS(=O)(=O)Nc1ccc(F)c(C(=O)c2c[nH]c3ncc(-c4ccc(N5CCN(CC(=O)NC(C(=O)N6CC(O)CC6C(=O)NCc6ccc(-c7scnc7C)cc6)C(C)(C)C)CC5)cc4)cc23)c1F. The number of carbonyl (C=O) groups is 4. The van der Waals surface area contributed by atoms with Gasteiger partial charge in [0, 0.05) is 80.3 Å². The first kappa shape index (κ1) is 50.8. The van der Waals surface area contributed by atoms with Gasteiger partial charge in [0.05, 0.1) is 45.7 Å². The fourth-order valence-electron chi connectivity index (χ4n) is 9.03. The van der Waals surface area contributed by atoms with Crippen LogP contribution in [0.4, 0.5) is 20.2 Å². The molecule has 3 unspecified atom stereocenters. The normalized spacial score (nSPS) is 17.1. The number of pyridine rings is 1. The van der Waals surface area contributed by atoms with Crippen molar-refractivity contribution in [3.05, 3.63) is 119 Å². The molecule has 5 N–H and O–H groups in total. The van der Waals surface area contributed by atoms with Gasteiger partial charge in [-0.1, -0.05) is 64.1 Å². The number of aromatic amines is 1. The van der Waals surface area contributed by atoms with Crippen molar-refractivity contribution in [2.24, 2.45) is 5.41 Å². The van der Waals surface area contributed by atoms with Crippen molar-refractivity contribution in [2.45, 2.75) is 72.2 Å². The van der Waals surface area contributed by atoms with E-state index in [0.717, 1.165) is 45.1 Å². The molecule has 2 aliphatic rings. The predicted molar refractivity (Wildman–Crippen MR) is 269 cm³/mol. The monoisotopic (exact) mass is 1010 g/mol. The second kappa shape index (κ2) is 21.0. The average Bonchev–Trinajstić information content (AvgIpc) is 4.08. The Morgan fingerprint density at radius 3 is 2.31 bits per heavy atom. The summed E-state index contributed by atoms with van der Waals surface area (Å²) in [5.74, 6) is -4.85. The highest BCUT2D eigenvalue weighted by molar-refractivity contribution is 7.92. The second-order valence-corrected chi connectivity index (χ2v) is 21.8. The lowest BCUT2D eigenvalue weighted by Gasteiger charge is -2.37. The first-order chi connectivity index (χ1) is 33.8. The number of aliphatic hydroxyl groups is 1. The Balaban J connectivity index is 0.857. The van der Waals surface area contributed by atoms with Crippen molar-refractivity contribution < 1.29 is 41.5 Å². The fourth-order valence-corrected chi connectivity index (χ4v) is 11.0. The molecule has 2 aliphatic heterocycles. The number of halogens is 2. The zero-order valence-corrected chi connectivity index (χ0v) is 41.7. The minimum absolute atomic E-state index is 0.0255. The number of benzene rings is 3. The first-order valence-electron chi connectivity index (χ1n) is 23.4. The summed E-state index contributed by atoms with van der Waals surface area (Å²) in [5.41, 5.74) is 5.18. The minimum Gasteiger partial charge on any atom is -0.391 e. The number of aliphatic hydroxyl groups excluding tert-OH is 1. The lowest BCUT2D eigenvalue weighted by molar-refractivity contribution is -0.144. The number of anilines is 2. The molecular formula is C51H57F2N9O7S2. The molecule has 0 radical (unpaired) electrons. The van der Waals surface area contributed by atoms with Gasteiger partial charge in [-0.3, -0.25) is 28.8 Å². The number of aryl methyl sites for hydroxylation is 1. The third-order valence-electron chi connectivity index (χ3n) is 12.8. The molecule has 2 saturated heterocycles. The fraction of sp³-hybridized carbons (Fsp3) is 0.373. The third kappa shape index (κ3) is 11.5. The maximum atomic E-state index is 15.6. The summed E-state index contributed by atoms with van der Waals surface area (Å²) in [6.45, 7) is 11.8. The number of β-amino-alcohol motifs (C(OH)–C–C–N with tert-alkyl or cyclic N) is 1. The number of nitrogens with zero attached hydrogens (tertiary/aromatic N) is 5. The van der Waals surface area contributed by atoms with Crippen molar-refractivity contribution in [3.8, 4) is 21.6 Å². The average molecular weight is 1010 g/mol. The number of carbonyl (C=O) groups excluding carboxylic acids is 4. The zero-order valence-electron chi connectivity index (χ0n) is 40.1. The number of hydrogen-bond acceptors (Lipinski definition) is 12. The molecule has 2 fully saturated rings. The van der Waals surface area contributed by atoms with Crippen LogP contribution in [0.1, 0.15) is 67.7 Å². The highest BCUT2D eigenvalue weighted by atomic mass is 32.2. The lowest BCUT2D eigenvalue weighted by Crippen LogP contribution is -2.59. The topological polar surface area (TPSA) is 210 Å². The lowest BCUT2D eigenvalue weighted by atomic mass is 9.85. The van der Waals surface area contributed by atoms with Crippen LogP contribution < -0.4 is 20.3 Å². The van der Waals surface area contributed by atoms with E-state index >= 15 is 8.78 Å². The molecule has 0 spiro atoms. The van der Waals surface area contributed by atoms with E-state index in [1.165, 1.54) is 11.1 Å². The quantitative estimate of drug-likeness (QED) is 0.0685. The van der Waals surface area contributed by atoms with Crippen molar-refractivity contribution in [1.82, 2.24) is 35.4 Å². The van der Waals surface area contributed by atoms with E-state index in [0.29, 0.717) is 42.8 Å². The maximum Gasteiger partial charge on any atom is 0.246 e. The zero-order chi connectivity index (χ0) is 50.8. The molecule has 3 aromatic carbocycles. The van der Waals surface area contributed by atoms with Gasteiger partial charge >= 0.3 is 0 Å². The van der Waals surface area contributed by atoms with Crippen molar-refractivity contribution in [1.29, 1.82) is 0 Å². The van der Waals surface area contributed by atoms with Crippen LogP contribution in [0.2, 0.25) is 0 Å². The van der Waals surface area contributed by atoms with E-state index in [4.69, 9.17) is 0 Å². The summed E-state index contributed by atoms with van der Waals surface area (Å²) in [4.78, 5) is 73.4. The number of fused-ring (bicyclic) bond motifs is 1. The molecule has 20 heteroatoms. The Morgan fingerprint density at radius 2 is 1.65 bits per heavy atom. The van der Waals surface area contributed by atoms with Crippen LogP contribution in [-0.4, -0.2) is 125 Å². The van der Waals surface area contributed by atoms with Crippen LogP contribution in [-0.2, 0) is 31.0 Å². The van der Waals surface area contributed by atoms with Crippen LogP contribution in [0, 0.1) is 24.0 Å². The number of amides is 3. The van der Waals surface area contributed by atoms with Gasteiger partial charge in [0.15, 0.2) is 5.82 Å². The van der Waals surface area contributed by atoms with E-state index < -0.39 is 68.2 Å². The predicted octanol–water partition coefficient (Wildman–Crippen LogP) is 6.25. The van der Waals surface area contributed by atoms with Crippen molar-refractivity contribution in [3.63, 3.8) is 0 Å². The van der Waals surface area contributed by atoms with Gasteiger partial charge in [0.2, 0.25) is 33.5 Å². The highest BCUT2D eigenvalue weighted by Gasteiger charge is 2.44. The molecule has 8 rings (SSSR count). The molecule has 6 aromatic rings. The highest BCUT2D eigenvalue weighted by Crippen LogP contribution is 2.32. The van der Waals surface area contributed by atoms with Crippen LogP contribution in [0.25, 0.3) is 32.6 Å². The number of piperazine rings is 1. The van der Waals surface area contributed by atoms with Gasteiger partial charge in [0.25, 0.3) is 0 Å². The molecule has 5 heterocycles. The molecule has 0 bridgehead atoms. The summed E-state index contributed by atoms with van der Waals surface area (Å²) >= 11 is 1.56. The Bertz CT molecular complexity index is 3060. The van der Waals surface area contributed by atoms with E-state index in [1.807, 2.05) is 81.1 Å². The summed E-state index contributed by atoms with van der Waals surface area (Å²) in [6, 6.07) is 17.2. The standard InChI is InChI=1S/C51H57F2N9O7S2/c1-6-21-71(68,69)59-40-16-15-39(52)43(44(40)53)45(65)38-26-55-48-37(38)22-34(25-54-48)32-11-13-35(14-12-32)61-19-17-60(18-20-61)28-42(64)58-47(51(3,4)5)50(67)62-27-36(63)23-41(62)49(66)56-24-31-7-9-33(10-8-31)46-30(2)57-29-70-46/h7-16,22,25-26,29,36,41,47,59,63H,6,17-21,23-24,27-28H2,1-5H3,(H,54,55)(H,56,66)(H,58,64). The molecule has 3 amide bonds. The number of aromatic nitrogens is 3. The molecule has 374 valence electrons. The first-order valence-corrected chi connectivity index (χ1v) is 26.0. The van der Waals surface area contributed by atoms with Gasteiger partial charge in [0.1, 0.15) is 23.5 Å². The van der Waals surface area contributed by atoms with Gasteiger partial charge < -0.3 is 30.5 Å².